The van der Waals surface area contributed by atoms with Crippen molar-refractivity contribution < 1.29 is 0 Å². The zero-order valence-corrected chi connectivity index (χ0v) is 6.28. The Morgan fingerprint density at radius 2 is 2.11 bits per heavy atom. The number of hydrogen-bond donors (Lipinski definition) is 1. The van der Waals surface area contributed by atoms with E-state index in [1.807, 2.05) is 0 Å². The lowest BCUT2D eigenvalue weighted by molar-refractivity contribution is 0.424. The fourth-order valence-electron chi connectivity index (χ4n) is 1.21. The second kappa shape index (κ2) is 2.53. The van der Waals surface area contributed by atoms with Gasteiger partial charge in [0.1, 0.15) is 0 Å². The first kappa shape index (κ1) is 6.81. The van der Waals surface area contributed by atoms with Crippen LogP contribution in [0.15, 0.2) is 11.1 Å². The van der Waals surface area contributed by atoms with Crippen LogP contribution in [0.2, 0.25) is 0 Å². The topological polar surface area (TPSA) is 26.0 Å². The standard InChI is InChI=1S/C8H15N/c1-6(2)8-3-7(4-8)5-9/h7H,3-5,9H2,1-2H3. The average molecular weight is 125 g/mol. The van der Waals surface area contributed by atoms with Crippen LogP contribution in [0.5, 0.6) is 0 Å². The zero-order valence-electron chi connectivity index (χ0n) is 6.28. The van der Waals surface area contributed by atoms with Gasteiger partial charge in [-0.3, -0.25) is 0 Å². The molecule has 0 amide bonds. The third-order valence-corrected chi connectivity index (χ3v) is 2.11. The molecule has 0 heterocycles. The average Bonchev–Trinajstić information content (AvgIpc) is 1.61. The van der Waals surface area contributed by atoms with Crippen LogP contribution in [0.4, 0.5) is 0 Å². The van der Waals surface area contributed by atoms with Crippen LogP contribution in [-0.2, 0) is 0 Å². The molecule has 1 rings (SSSR count). The molecule has 1 saturated carbocycles. The van der Waals surface area contributed by atoms with Crippen molar-refractivity contribution in [1.29, 1.82) is 0 Å². The molecule has 0 aliphatic heterocycles. The van der Waals surface area contributed by atoms with Gasteiger partial charge in [0.25, 0.3) is 0 Å². The van der Waals surface area contributed by atoms with Crippen LogP contribution in [0.1, 0.15) is 26.7 Å². The highest BCUT2D eigenvalue weighted by molar-refractivity contribution is 5.18. The van der Waals surface area contributed by atoms with E-state index in [9.17, 15) is 0 Å². The Morgan fingerprint density at radius 1 is 1.56 bits per heavy atom. The van der Waals surface area contributed by atoms with Gasteiger partial charge in [0.05, 0.1) is 0 Å². The van der Waals surface area contributed by atoms with Crippen LogP contribution in [0.25, 0.3) is 0 Å². The molecular weight excluding hydrogens is 110 g/mol. The van der Waals surface area contributed by atoms with Crippen LogP contribution < -0.4 is 5.73 Å². The lowest BCUT2D eigenvalue weighted by atomic mass is 9.78. The summed E-state index contributed by atoms with van der Waals surface area (Å²) in [6.45, 7) is 5.24. The maximum absolute atomic E-state index is 5.47. The zero-order chi connectivity index (χ0) is 6.85. The second-order valence-electron chi connectivity index (χ2n) is 3.11. The number of hydrogen-bond acceptors (Lipinski definition) is 1. The van der Waals surface area contributed by atoms with Crippen molar-refractivity contribution in [3.05, 3.63) is 11.1 Å². The van der Waals surface area contributed by atoms with Crippen LogP contribution in [0, 0.1) is 5.92 Å². The third kappa shape index (κ3) is 1.33. The molecule has 0 aromatic heterocycles. The van der Waals surface area contributed by atoms with E-state index in [1.54, 1.807) is 5.57 Å². The molecule has 2 N–H and O–H groups in total. The summed E-state index contributed by atoms with van der Waals surface area (Å²) in [5, 5.41) is 0. The van der Waals surface area contributed by atoms with E-state index in [1.165, 1.54) is 18.4 Å². The van der Waals surface area contributed by atoms with E-state index in [0.717, 1.165) is 12.5 Å². The van der Waals surface area contributed by atoms with E-state index in [4.69, 9.17) is 5.73 Å². The van der Waals surface area contributed by atoms with Gasteiger partial charge >= 0.3 is 0 Å². The van der Waals surface area contributed by atoms with Gasteiger partial charge in [0.2, 0.25) is 0 Å². The van der Waals surface area contributed by atoms with Crippen molar-refractivity contribution in [2.75, 3.05) is 6.54 Å². The van der Waals surface area contributed by atoms with Gasteiger partial charge in [-0.25, -0.2) is 0 Å². The highest BCUT2D eigenvalue weighted by atomic mass is 14.6. The summed E-state index contributed by atoms with van der Waals surface area (Å²) < 4.78 is 0. The molecule has 0 spiro atoms. The molecule has 0 saturated heterocycles. The van der Waals surface area contributed by atoms with Crippen molar-refractivity contribution in [3.8, 4) is 0 Å². The van der Waals surface area contributed by atoms with Gasteiger partial charge < -0.3 is 5.73 Å². The summed E-state index contributed by atoms with van der Waals surface area (Å²) in [6, 6.07) is 0. The van der Waals surface area contributed by atoms with Gasteiger partial charge in [0, 0.05) is 0 Å². The molecule has 0 aromatic carbocycles. The van der Waals surface area contributed by atoms with Gasteiger partial charge in [0.15, 0.2) is 0 Å². The van der Waals surface area contributed by atoms with Crippen LogP contribution in [0.3, 0.4) is 0 Å². The first-order valence-electron chi connectivity index (χ1n) is 3.59. The molecule has 1 fully saturated rings. The van der Waals surface area contributed by atoms with E-state index in [2.05, 4.69) is 13.8 Å². The monoisotopic (exact) mass is 125 g/mol. The SMILES string of the molecule is CC(C)=C1CC(CN)C1. The maximum atomic E-state index is 5.47. The Morgan fingerprint density at radius 3 is 2.44 bits per heavy atom. The maximum Gasteiger partial charge on any atom is -0.00427 e. The molecular formula is C8H15N. The predicted molar refractivity (Wildman–Crippen MR) is 40.2 cm³/mol. The van der Waals surface area contributed by atoms with Crippen molar-refractivity contribution in [2.45, 2.75) is 26.7 Å². The minimum atomic E-state index is 0.801. The van der Waals surface area contributed by atoms with Gasteiger partial charge in [-0.2, -0.15) is 0 Å². The minimum Gasteiger partial charge on any atom is -0.330 e. The number of nitrogens with two attached hydrogens (primary N) is 1. The first-order valence-corrected chi connectivity index (χ1v) is 3.59. The summed E-state index contributed by atoms with van der Waals surface area (Å²) in [5.74, 6) is 0.801. The summed E-state index contributed by atoms with van der Waals surface area (Å²) in [5.41, 5.74) is 8.60. The van der Waals surface area contributed by atoms with Crippen LogP contribution in [-0.4, -0.2) is 6.54 Å². The number of allylic oxidation sites excluding steroid dienone is 2. The molecule has 1 heteroatoms. The van der Waals surface area contributed by atoms with E-state index < -0.39 is 0 Å². The fourth-order valence-corrected chi connectivity index (χ4v) is 1.21. The van der Waals surface area contributed by atoms with Crippen molar-refractivity contribution in [3.63, 3.8) is 0 Å². The lowest BCUT2D eigenvalue weighted by Gasteiger charge is -2.29. The Kier molecular flexibility index (Phi) is 1.91. The summed E-state index contributed by atoms with van der Waals surface area (Å²) in [7, 11) is 0. The molecule has 0 radical (unpaired) electrons. The molecule has 0 unspecified atom stereocenters. The highest BCUT2D eigenvalue weighted by Crippen LogP contribution is 2.33. The molecule has 1 nitrogen and oxygen atoms in total. The molecule has 9 heavy (non-hydrogen) atoms. The Balaban J connectivity index is 2.35. The molecule has 52 valence electrons. The molecule has 1 aliphatic carbocycles. The fraction of sp³-hybridized carbons (Fsp3) is 0.750. The Bertz CT molecular complexity index is 124. The Labute approximate surface area is 56.9 Å². The summed E-state index contributed by atoms with van der Waals surface area (Å²) >= 11 is 0. The Hall–Kier alpha value is -0.300. The third-order valence-electron chi connectivity index (χ3n) is 2.11. The van der Waals surface area contributed by atoms with E-state index in [0.29, 0.717) is 0 Å². The quantitative estimate of drug-likeness (QED) is 0.530. The van der Waals surface area contributed by atoms with Crippen molar-refractivity contribution in [1.82, 2.24) is 0 Å². The summed E-state index contributed by atoms with van der Waals surface area (Å²) in [6.07, 6.45) is 2.53. The van der Waals surface area contributed by atoms with Crippen LogP contribution >= 0.6 is 0 Å². The first-order chi connectivity index (χ1) is 4.24. The van der Waals surface area contributed by atoms with E-state index >= 15 is 0 Å². The molecule has 0 bridgehead atoms. The van der Waals surface area contributed by atoms with Gasteiger partial charge in [-0.15, -0.1) is 0 Å². The minimum absolute atomic E-state index is 0.801. The highest BCUT2D eigenvalue weighted by Gasteiger charge is 2.21. The summed E-state index contributed by atoms with van der Waals surface area (Å²) in [4.78, 5) is 0. The van der Waals surface area contributed by atoms with Crippen molar-refractivity contribution in [2.24, 2.45) is 11.7 Å². The normalized spacial score (nSPS) is 25.7. The van der Waals surface area contributed by atoms with Crippen molar-refractivity contribution >= 4 is 0 Å². The second-order valence-corrected chi connectivity index (χ2v) is 3.11. The largest absolute Gasteiger partial charge is 0.330 e. The molecule has 0 aromatic rings. The molecule has 0 atom stereocenters. The van der Waals surface area contributed by atoms with Gasteiger partial charge in [-0.05, 0) is 39.2 Å². The number of rotatable bonds is 1. The molecule has 1 aliphatic rings. The van der Waals surface area contributed by atoms with Gasteiger partial charge in [-0.1, -0.05) is 11.1 Å². The lowest BCUT2D eigenvalue weighted by Crippen LogP contribution is -2.24. The smallest absolute Gasteiger partial charge is 0.00427 e. The predicted octanol–water partition coefficient (Wildman–Crippen LogP) is 1.69. The van der Waals surface area contributed by atoms with E-state index in [-0.39, 0.29) is 0 Å².